The Labute approximate surface area is 203 Å². The van der Waals surface area contributed by atoms with Gasteiger partial charge in [0.05, 0.1) is 16.3 Å². The lowest BCUT2D eigenvalue weighted by Gasteiger charge is -2.26. The Balaban J connectivity index is 1.69. The number of rotatable bonds is 4. The summed E-state index contributed by atoms with van der Waals surface area (Å²) in [5.74, 6) is 0. The van der Waals surface area contributed by atoms with Crippen LogP contribution >= 0.6 is 15.9 Å². The summed E-state index contributed by atoms with van der Waals surface area (Å²) in [5.41, 5.74) is 2.82. The van der Waals surface area contributed by atoms with Gasteiger partial charge in [-0.25, -0.2) is 8.42 Å². The van der Waals surface area contributed by atoms with E-state index >= 15 is 0 Å². The SMILES string of the molecule is Cc1ccc(S(=O)(=O)N2C[C@@H](Br)[C@H]3C[N+]3(S(=O)(=O)c3ccc(C)cc3)c3ccccc32)cc1. The molecule has 0 aromatic heterocycles. The van der Waals surface area contributed by atoms with Gasteiger partial charge in [-0.05, 0) is 44.2 Å². The van der Waals surface area contributed by atoms with E-state index in [4.69, 9.17) is 0 Å². The number of aryl methyl sites for hydroxylation is 2. The smallest absolute Gasteiger partial charge is 0.259 e. The van der Waals surface area contributed by atoms with Crippen LogP contribution in [0.1, 0.15) is 11.1 Å². The highest BCUT2D eigenvalue weighted by atomic mass is 79.9. The van der Waals surface area contributed by atoms with E-state index in [-0.39, 0.29) is 31.1 Å². The normalized spacial score (nSPS) is 24.5. The van der Waals surface area contributed by atoms with Gasteiger partial charge >= 0.3 is 10.0 Å². The molecule has 33 heavy (non-hydrogen) atoms. The van der Waals surface area contributed by atoms with Gasteiger partial charge in [0.25, 0.3) is 10.0 Å². The highest BCUT2D eigenvalue weighted by Gasteiger charge is 2.71. The van der Waals surface area contributed by atoms with Crippen molar-refractivity contribution in [3.8, 4) is 0 Å². The van der Waals surface area contributed by atoms with Crippen molar-refractivity contribution >= 4 is 47.4 Å². The number of fused-ring (bicyclic) bond motifs is 3. The molecule has 0 radical (unpaired) electrons. The lowest BCUT2D eigenvalue weighted by Crippen LogP contribution is -2.39. The molecule has 172 valence electrons. The Morgan fingerprint density at radius 1 is 0.818 bits per heavy atom. The molecule has 5 rings (SSSR count). The standard InChI is InChI=1S/C24H24BrN2O4S2/c1-17-7-11-19(12-8-17)32(28,29)26-15-21(25)24-16-27(24,23-6-4-3-5-22(23)26)33(30,31)20-13-9-18(2)10-14-20/h3-14,21,24H,15-16H2,1-2H3/q+1/t21-,24-,27?/m1/s1. The quantitative estimate of drug-likeness (QED) is 0.276. The number of hydrogen-bond acceptors (Lipinski definition) is 4. The second kappa shape index (κ2) is 7.66. The van der Waals surface area contributed by atoms with Crippen molar-refractivity contribution < 1.29 is 16.8 Å². The van der Waals surface area contributed by atoms with Crippen LogP contribution in [0, 0.1) is 13.8 Å². The zero-order chi connectivity index (χ0) is 23.6. The Kier molecular flexibility index (Phi) is 5.24. The fourth-order valence-electron chi connectivity index (χ4n) is 4.63. The topological polar surface area (TPSA) is 71.5 Å². The van der Waals surface area contributed by atoms with E-state index in [0.29, 0.717) is 17.9 Å². The molecule has 3 aromatic rings. The third-order valence-electron chi connectivity index (χ3n) is 6.53. The van der Waals surface area contributed by atoms with E-state index in [1.165, 1.54) is 4.31 Å². The van der Waals surface area contributed by atoms with E-state index < -0.39 is 20.0 Å². The van der Waals surface area contributed by atoms with Crippen molar-refractivity contribution in [2.45, 2.75) is 34.5 Å². The van der Waals surface area contributed by atoms with Crippen LogP contribution in [0.3, 0.4) is 0 Å². The molecule has 0 amide bonds. The van der Waals surface area contributed by atoms with Crippen molar-refractivity contribution in [1.82, 2.24) is 3.89 Å². The first-order valence-electron chi connectivity index (χ1n) is 10.6. The largest absolute Gasteiger partial charge is 0.332 e. The van der Waals surface area contributed by atoms with Crippen molar-refractivity contribution in [3.05, 3.63) is 83.9 Å². The molecule has 2 aliphatic rings. The molecular formula is C24H24BrN2O4S2+. The van der Waals surface area contributed by atoms with Gasteiger partial charge in [-0.15, -0.1) is 0 Å². The number of alkyl halides is 1. The third kappa shape index (κ3) is 3.36. The summed E-state index contributed by atoms with van der Waals surface area (Å²) >= 11 is 3.65. The minimum atomic E-state index is -3.90. The monoisotopic (exact) mass is 547 g/mol. The Morgan fingerprint density at radius 2 is 1.36 bits per heavy atom. The van der Waals surface area contributed by atoms with Gasteiger partial charge in [0.15, 0.2) is 18.3 Å². The number of quaternary nitrogens is 1. The summed E-state index contributed by atoms with van der Waals surface area (Å²) in [6.45, 7) is 4.34. The molecule has 6 nitrogen and oxygen atoms in total. The lowest BCUT2D eigenvalue weighted by molar-refractivity contribution is 0.547. The van der Waals surface area contributed by atoms with Crippen LogP contribution in [0.4, 0.5) is 11.4 Å². The van der Waals surface area contributed by atoms with Crippen LogP contribution in [0.2, 0.25) is 0 Å². The number of benzene rings is 3. The fourth-order valence-corrected chi connectivity index (χ4v) is 9.46. The summed E-state index contributed by atoms with van der Waals surface area (Å²) in [6.07, 6.45) is 0. The van der Waals surface area contributed by atoms with E-state index in [1.807, 2.05) is 13.8 Å². The molecule has 3 atom stereocenters. The van der Waals surface area contributed by atoms with Crippen LogP contribution in [0.15, 0.2) is 82.6 Å². The minimum absolute atomic E-state index is 0.140. The number of nitrogens with zero attached hydrogens (tertiary/aromatic N) is 2. The molecule has 3 aromatic carbocycles. The maximum atomic E-state index is 14.0. The molecule has 2 aliphatic heterocycles. The van der Waals surface area contributed by atoms with E-state index in [9.17, 15) is 16.8 Å². The van der Waals surface area contributed by atoms with Crippen LogP contribution < -0.4 is 8.19 Å². The molecule has 0 N–H and O–H groups in total. The van der Waals surface area contributed by atoms with Gasteiger partial charge in [0.2, 0.25) is 0 Å². The van der Waals surface area contributed by atoms with Gasteiger partial charge in [-0.2, -0.15) is 12.3 Å². The van der Waals surface area contributed by atoms with Gasteiger partial charge in [-0.1, -0.05) is 63.5 Å². The fraction of sp³-hybridized carbons (Fsp3) is 0.250. The van der Waals surface area contributed by atoms with Gasteiger partial charge in [-0.3, -0.25) is 4.31 Å². The highest BCUT2D eigenvalue weighted by Crippen LogP contribution is 2.54. The average molecular weight is 549 g/mol. The van der Waals surface area contributed by atoms with Crippen molar-refractivity contribution in [2.24, 2.45) is 0 Å². The molecular weight excluding hydrogens is 524 g/mol. The second-order valence-electron chi connectivity index (χ2n) is 8.69. The predicted octanol–water partition coefficient (Wildman–Crippen LogP) is 4.35. The number of sulfonamides is 2. The molecule has 1 unspecified atom stereocenters. The first-order chi connectivity index (χ1) is 15.6. The highest BCUT2D eigenvalue weighted by molar-refractivity contribution is 9.09. The maximum Gasteiger partial charge on any atom is 0.332 e. The summed E-state index contributed by atoms with van der Waals surface area (Å²) in [6, 6.07) is 20.2. The Bertz CT molecular complexity index is 1440. The van der Waals surface area contributed by atoms with Crippen LogP contribution in [-0.4, -0.2) is 40.8 Å². The molecule has 0 spiro atoms. The third-order valence-corrected chi connectivity index (χ3v) is 11.6. The predicted molar refractivity (Wildman–Crippen MR) is 134 cm³/mol. The van der Waals surface area contributed by atoms with Crippen molar-refractivity contribution in [3.63, 3.8) is 0 Å². The first kappa shape index (κ1) is 22.6. The van der Waals surface area contributed by atoms with E-state index in [1.54, 1.807) is 72.8 Å². The molecule has 0 bridgehead atoms. The summed E-state index contributed by atoms with van der Waals surface area (Å²) < 4.78 is 56.4. The zero-order valence-electron chi connectivity index (χ0n) is 18.2. The van der Waals surface area contributed by atoms with E-state index in [0.717, 1.165) is 11.1 Å². The first-order valence-corrected chi connectivity index (χ1v) is 14.4. The zero-order valence-corrected chi connectivity index (χ0v) is 21.4. The number of hydrogen-bond donors (Lipinski definition) is 0. The Morgan fingerprint density at radius 3 is 1.97 bits per heavy atom. The molecule has 0 saturated carbocycles. The number of para-hydroxylation sites is 2. The summed E-state index contributed by atoms with van der Waals surface area (Å²) in [4.78, 5) is 0.0754. The van der Waals surface area contributed by atoms with Crippen LogP contribution in [0.5, 0.6) is 0 Å². The molecule has 1 fully saturated rings. The molecule has 9 heteroatoms. The number of anilines is 1. The number of halogens is 1. The lowest BCUT2D eigenvalue weighted by atomic mass is 10.2. The van der Waals surface area contributed by atoms with Gasteiger partial charge in [0.1, 0.15) is 10.6 Å². The summed E-state index contributed by atoms with van der Waals surface area (Å²) in [5, 5.41) is 0. The molecule has 1 saturated heterocycles. The van der Waals surface area contributed by atoms with Gasteiger partial charge in [0, 0.05) is 6.07 Å². The van der Waals surface area contributed by atoms with Crippen LogP contribution in [-0.2, 0) is 20.0 Å². The van der Waals surface area contributed by atoms with E-state index in [2.05, 4.69) is 15.9 Å². The van der Waals surface area contributed by atoms with Crippen molar-refractivity contribution in [2.75, 3.05) is 17.4 Å². The molecule has 0 aliphatic carbocycles. The average Bonchev–Trinajstić information content (AvgIpc) is 3.56. The Hall–Kier alpha value is -2.20. The molecule has 2 heterocycles. The maximum absolute atomic E-state index is 14.0. The summed E-state index contributed by atoms with van der Waals surface area (Å²) in [7, 11) is -7.72. The van der Waals surface area contributed by atoms with Gasteiger partial charge < -0.3 is 0 Å². The second-order valence-corrected chi connectivity index (χ2v) is 13.8. The minimum Gasteiger partial charge on any atom is -0.259 e. The van der Waals surface area contributed by atoms with Crippen LogP contribution in [0.25, 0.3) is 0 Å². The van der Waals surface area contributed by atoms with Crippen molar-refractivity contribution in [1.29, 1.82) is 0 Å².